The zero-order valence-electron chi connectivity index (χ0n) is 20.0. The molecular weight excluding hydrogens is 474 g/mol. The van der Waals surface area contributed by atoms with E-state index in [0.29, 0.717) is 6.54 Å². The maximum atomic E-state index is 13.8. The van der Waals surface area contributed by atoms with Crippen molar-refractivity contribution in [2.24, 2.45) is 4.99 Å². The van der Waals surface area contributed by atoms with E-state index in [1.54, 1.807) is 18.9 Å². The molecule has 0 aliphatic carbocycles. The van der Waals surface area contributed by atoms with E-state index in [9.17, 15) is 4.79 Å². The van der Waals surface area contributed by atoms with Crippen LogP contribution >= 0.6 is 23.5 Å². The molecule has 0 unspecified atom stereocenters. The highest BCUT2D eigenvalue weighted by Gasteiger charge is 2.39. The predicted molar refractivity (Wildman–Crippen MR) is 147 cm³/mol. The molecule has 2 aliphatic heterocycles. The fraction of sp³-hybridized carbons (Fsp3) is 0.214. The SMILES string of the molecule is CCN1/C(=C2/SC(=Nc3ccc(C)cc3)N(CCc3ccccc3)C2=O)Sc2ccc(OC)cc21. The van der Waals surface area contributed by atoms with Crippen LogP contribution < -0.4 is 9.64 Å². The van der Waals surface area contributed by atoms with Gasteiger partial charge in [-0.3, -0.25) is 9.69 Å². The van der Waals surface area contributed by atoms with Crippen LogP contribution in [-0.4, -0.2) is 36.2 Å². The maximum Gasteiger partial charge on any atom is 0.269 e. The summed E-state index contributed by atoms with van der Waals surface area (Å²) >= 11 is 3.11. The van der Waals surface area contributed by atoms with Gasteiger partial charge in [-0.2, -0.15) is 0 Å². The van der Waals surface area contributed by atoms with Crippen LogP contribution in [0.5, 0.6) is 5.75 Å². The lowest BCUT2D eigenvalue weighted by Gasteiger charge is -2.19. The Balaban J connectivity index is 1.51. The quantitative estimate of drug-likeness (QED) is 0.356. The van der Waals surface area contributed by atoms with Crippen molar-refractivity contribution >= 4 is 46.0 Å². The van der Waals surface area contributed by atoms with E-state index in [4.69, 9.17) is 9.73 Å². The summed E-state index contributed by atoms with van der Waals surface area (Å²) in [6.07, 6.45) is 0.769. The minimum absolute atomic E-state index is 0.0116. The molecule has 7 heteroatoms. The minimum Gasteiger partial charge on any atom is -0.497 e. The highest BCUT2D eigenvalue weighted by molar-refractivity contribution is 8.19. The van der Waals surface area contributed by atoms with E-state index in [1.165, 1.54) is 22.9 Å². The largest absolute Gasteiger partial charge is 0.497 e. The fourth-order valence-corrected chi connectivity index (χ4v) is 6.50. The zero-order chi connectivity index (χ0) is 24.4. The third-order valence-electron chi connectivity index (χ3n) is 6.01. The number of hydrogen-bond donors (Lipinski definition) is 0. The van der Waals surface area contributed by atoms with E-state index in [1.807, 2.05) is 59.5 Å². The zero-order valence-corrected chi connectivity index (χ0v) is 21.7. The lowest BCUT2D eigenvalue weighted by molar-refractivity contribution is -0.122. The number of fused-ring (bicyclic) bond motifs is 1. The molecule has 0 aromatic heterocycles. The molecule has 3 aromatic carbocycles. The van der Waals surface area contributed by atoms with Crippen molar-refractivity contribution in [1.82, 2.24) is 4.90 Å². The van der Waals surface area contributed by atoms with Crippen molar-refractivity contribution < 1.29 is 9.53 Å². The Morgan fingerprint density at radius 3 is 2.43 bits per heavy atom. The molecular formula is C28H27N3O2S2. The molecule has 1 fully saturated rings. The third-order valence-corrected chi connectivity index (χ3v) is 8.39. The summed E-state index contributed by atoms with van der Waals surface area (Å²) in [7, 11) is 1.67. The lowest BCUT2D eigenvalue weighted by atomic mass is 10.1. The summed E-state index contributed by atoms with van der Waals surface area (Å²) in [6.45, 7) is 5.50. The Morgan fingerprint density at radius 1 is 0.943 bits per heavy atom. The van der Waals surface area contributed by atoms with Crippen LogP contribution in [0.2, 0.25) is 0 Å². The molecule has 3 aromatic rings. The first kappa shape index (κ1) is 23.6. The Hall–Kier alpha value is -3.16. The molecule has 0 atom stereocenters. The van der Waals surface area contributed by atoms with E-state index in [0.717, 1.165) is 50.1 Å². The number of amides is 1. The molecule has 0 bridgehead atoms. The summed E-state index contributed by atoms with van der Waals surface area (Å²) in [5, 5.41) is 1.69. The average Bonchev–Trinajstić information content (AvgIpc) is 3.40. The second-order valence-corrected chi connectivity index (χ2v) is 10.3. The Morgan fingerprint density at radius 2 is 1.71 bits per heavy atom. The molecule has 0 spiro atoms. The topological polar surface area (TPSA) is 45.1 Å². The van der Waals surface area contributed by atoms with Gasteiger partial charge in [0.2, 0.25) is 0 Å². The molecule has 2 heterocycles. The van der Waals surface area contributed by atoms with Gasteiger partial charge in [0.05, 0.1) is 18.5 Å². The van der Waals surface area contributed by atoms with Crippen LogP contribution in [-0.2, 0) is 11.2 Å². The lowest BCUT2D eigenvalue weighted by Crippen LogP contribution is -2.32. The van der Waals surface area contributed by atoms with Gasteiger partial charge in [0.25, 0.3) is 5.91 Å². The number of aryl methyl sites for hydroxylation is 1. The third kappa shape index (κ3) is 4.83. The van der Waals surface area contributed by atoms with E-state index in [-0.39, 0.29) is 5.91 Å². The number of methoxy groups -OCH3 is 1. The molecule has 1 saturated heterocycles. The van der Waals surface area contributed by atoms with Crippen LogP contribution in [0.1, 0.15) is 18.1 Å². The van der Waals surface area contributed by atoms with Crippen LogP contribution in [0.25, 0.3) is 0 Å². The van der Waals surface area contributed by atoms with Crippen molar-refractivity contribution in [2.45, 2.75) is 25.2 Å². The van der Waals surface area contributed by atoms with Gasteiger partial charge in [-0.1, -0.05) is 59.8 Å². The molecule has 0 radical (unpaired) electrons. The van der Waals surface area contributed by atoms with Gasteiger partial charge in [-0.25, -0.2) is 4.99 Å². The second kappa shape index (κ2) is 10.2. The van der Waals surface area contributed by atoms with Crippen molar-refractivity contribution in [3.8, 4) is 5.75 Å². The van der Waals surface area contributed by atoms with Gasteiger partial charge >= 0.3 is 0 Å². The first-order valence-electron chi connectivity index (χ1n) is 11.6. The monoisotopic (exact) mass is 501 g/mol. The van der Waals surface area contributed by atoms with Crippen molar-refractivity contribution in [3.05, 3.63) is 93.9 Å². The Bertz CT molecular complexity index is 1300. The van der Waals surface area contributed by atoms with Crippen molar-refractivity contribution in [3.63, 3.8) is 0 Å². The van der Waals surface area contributed by atoms with Gasteiger partial charge < -0.3 is 9.64 Å². The molecule has 2 aliphatic rings. The van der Waals surface area contributed by atoms with Crippen molar-refractivity contribution in [1.29, 1.82) is 0 Å². The van der Waals surface area contributed by atoms with Gasteiger partial charge in [0, 0.05) is 24.1 Å². The standard InChI is InChI=1S/C28H27N3O2S2/c1-4-30-23-18-22(33-3)14-15-24(23)34-27(30)25-26(32)31(17-16-20-8-6-5-7-9-20)28(35-25)29-21-12-10-19(2)11-13-21/h5-15,18H,4,16-17H2,1-3H3/b27-25-,29-28?. The smallest absolute Gasteiger partial charge is 0.269 e. The summed E-state index contributed by atoms with van der Waals surface area (Å²) in [4.78, 5) is 24.6. The number of benzene rings is 3. The molecule has 5 rings (SSSR count). The second-order valence-electron chi connectivity index (χ2n) is 8.34. The van der Waals surface area contributed by atoms with Gasteiger partial charge in [0.15, 0.2) is 5.17 Å². The highest BCUT2D eigenvalue weighted by Crippen LogP contribution is 2.51. The highest BCUT2D eigenvalue weighted by atomic mass is 32.2. The minimum atomic E-state index is 0.0116. The maximum absolute atomic E-state index is 13.8. The number of carbonyl (C=O) groups is 1. The summed E-state index contributed by atoms with van der Waals surface area (Å²) in [5.41, 5.74) is 4.31. The Labute approximate surface area is 214 Å². The van der Waals surface area contributed by atoms with Gasteiger partial charge in [-0.15, -0.1) is 0 Å². The summed E-state index contributed by atoms with van der Waals surface area (Å²) in [6, 6.07) is 24.4. The molecule has 35 heavy (non-hydrogen) atoms. The number of thioether (sulfide) groups is 2. The number of carbonyl (C=O) groups excluding carboxylic acids is 1. The molecule has 0 saturated carbocycles. The van der Waals surface area contributed by atoms with E-state index in [2.05, 4.69) is 36.9 Å². The molecule has 178 valence electrons. The normalized spacial score (nSPS) is 18.5. The predicted octanol–water partition coefficient (Wildman–Crippen LogP) is 6.61. The van der Waals surface area contributed by atoms with E-state index >= 15 is 0 Å². The average molecular weight is 502 g/mol. The number of amidine groups is 1. The molecule has 0 N–H and O–H groups in total. The van der Waals surface area contributed by atoms with Crippen LogP contribution in [0, 0.1) is 6.92 Å². The summed E-state index contributed by atoms with van der Waals surface area (Å²) < 4.78 is 5.45. The first-order valence-corrected chi connectivity index (χ1v) is 13.3. The van der Waals surface area contributed by atoms with Crippen LogP contribution in [0.15, 0.2) is 92.6 Å². The molecule has 5 nitrogen and oxygen atoms in total. The number of hydrogen-bond acceptors (Lipinski definition) is 6. The number of anilines is 1. The van der Waals surface area contributed by atoms with Gasteiger partial charge in [0.1, 0.15) is 15.7 Å². The fourth-order valence-electron chi connectivity index (χ4n) is 4.10. The first-order chi connectivity index (χ1) is 17.1. The summed E-state index contributed by atoms with van der Waals surface area (Å²) in [5.74, 6) is 0.822. The Kier molecular flexibility index (Phi) is 6.88. The van der Waals surface area contributed by atoms with Crippen LogP contribution in [0.3, 0.4) is 0 Å². The number of aliphatic imine (C=N–C) groups is 1. The van der Waals surface area contributed by atoms with E-state index < -0.39 is 0 Å². The van der Waals surface area contributed by atoms with Crippen molar-refractivity contribution in [2.75, 3.05) is 25.1 Å². The van der Waals surface area contributed by atoms with Gasteiger partial charge in [-0.05, 0) is 61.9 Å². The molecule has 1 amide bonds. The number of nitrogens with zero attached hydrogens (tertiary/aromatic N) is 3. The number of ether oxygens (including phenoxy) is 1. The number of rotatable bonds is 6. The van der Waals surface area contributed by atoms with Crippen LogP contribution in [0.4, 0.5) is 11.4 Å².